The second-order valence-corrected chi connectivity index (χ2v) is 1.48. The molecular weight excluding hydrogens is 104 g/mol. The molecule has 1 rings (SSSR count). The Kier molecular flexibility index (Phi) is 1.30. The second kappa shape index (κ2) is 1.96. The van der Waals surface area contributed by atoms with Crippen LogP contribution in [0, 0.1) is 6.92 Å². The predicted molar refractivity (Wildman–Crippen MR) is 28.8 cm³/mol. The minimum Gasteiger partial charge on any atom is -0.447 e. The normalized spacial score (nSPS) is 13.8. The van der Waals surface area contributed by atoms with Crippen molar-refractivity contribution in [3.63, 3.8) is 0 Å². The van der Waals surface area contributed by atoms with Gasteiger partial charge >= 0.3 is 0 Å². The summed E-state index contributed by atoms with van der Waals surface area (Å²) in [6.45, 7) is 3.50. The highest BCUT2D eigenvalue weighted by atomic mass is 16.3. The monoisotopic (exact) mass is 111 g/mol. The van der Waals surface area contributed by atoms with Crippen molar-refractivity contribution in [2.24, 2.45) is 5.73 Å². The third-order valence-electron chi connectivity index (χ3n) is 0.769. The van der Waals surface area contributed by atoms with Gasteiger partial charge in [0.2, 0.25) is 5.89 Å². The lowest BCUT2D eigenvalue weighted by Gasteiger charge is -1.93. The van der Waals surface area contributed by atoms with E-state index in [4.69, 9.17) is 10.2 Å². The molecule has 1 radical (unpaired) electrons. The number of hydrogen-bond donors (Lipinski definition) is 1. The van der Waals surface area contributed by atoms with Crippen LogP contribution in [0.25, 0.3) is 0 Å². The van der Waals surface area contributed by atoms with Crippen molar-refractivity contribution in [3.8, 4) is 0 Å². The lowest BCUT2D eigenvalue weighted by Crippen LogP contribution is -2.04. The van der Waals surface area contributed by atoms with Crippen LogP contribution < -0.4 is 5.73 Å². The summed E-state index contributed by atoms with van der Waals surface area (Å²) in [6.07, 6.45) is 3.01. The van der Waals surface area contributed by atoms with Crippen molar-refractivity contribution in [2.45, 2.75) is 6.04 Å². The first-order chi connectivity index (χ1) is 3.80. The van der Waals surface area contributed by atoms with E-state index in [0.29, 0.717) is 5.89 Å². The Morgan fingerprint density at radius 2 is 2.62 bits per heavy atom. The minimum absolute atomic E-state index is 0.343. The molecule has 0 aliphatic rings. The van der Waals surface area contributed by atoms with Gasteiger partial charge in [-0.25, -0.2) is 4.98 Å². The fourth-order valence-electron chi connectivity index (χ4n) is 0.418. The van der Waals surface area contributed by atoms with Crippen LogP contribution in [0.1, 0.15) is 11.9 Å². The molecule has 0 bridgehead atoms. The van der Waals surface area contributed by atoms with Gasteiger partial charge in [0, 0.05) is 0 Å². The van der Waals surface area contributed by atoms with Gasteiger partial charge < -0.3 is 10.2 Å². The van der Waals surface area contributed by atoms with E-state index in [-0.39, 0.29) is 6.04 Å². The SMILES string of the molecule is [CH2]C(N)c1ncco1. The van der Waals surface area contributed by atoms with Crippen LogP contribution in [0.2, 0.25) is 0 Å². The largest absolute Gasteiger partial charge is 0.447 e. The molecule has 0 aliphatic heterocycles. The molecule has 8 heavy (non-hydrogen) atoms. The average molecular weight is 111 g/mol. The molecule has 0 fully saturated rings. The van der Waals surface area contributed by atoms with Crippen LogP contribution in [-0.4, -0.2) is 4.98 Å². The third kappa shape index (κ3) is 0.869. The van der Waals surface area contributed by atoms with Crippen LogP contribution in [0.15, 0.2) is 16.9 Å². The third-order valence-corrected chi connectivity index (χ3v) is 0.769. The van der Waals surface area contributed by atoms with E-state index in [0.717, 1.165) is 0 Å². The number of nitrogens with two attached hydrogens (primary N) is 1. The summed E-state index contributed by atoms with van der Waals surface area (Å²) in [5.41, 5.74) is 5.29. The van der Waals surface area contributed by atoms with Crippen molar-refractivity contribution in [3.05, 3.63) is 25.3 Å². The molecule has 43 valence electrons. The van der Waals surface area contributed by atoms with Gasteiger partial charge in [-0.15, -0.1) is 0 Å². The van der Waals surface area contributed by atoms with Gasteiger partial charge in [-0.2, -0.15) is 0 Å². The Hall–Kier alpha value is -0.830. The van der Waals surface area contributed by atoms with E-state index in [2.05, 4.69) is 11.9 Å². The van der Waals surface area contributed by atoms with Crippen molar-refractivity contribution < 1.29 is 4.42 Å². The number of oxazole rings is 1. The van der Waals surface area contributed by atoms with Gasteiger partial charge in [0.25, 0.3) is 0 Å². The lowest BCUT2D eigenvalue weighted by atomic mass is 10.4. The van der Waals surface area contributed by atoms with Crippen molar-refractivity contribution in [2.75, 3.05) is 0 Å². The van der Waals surface area contributed by atoms with E-state index < -0.39 is 0 Å². The van der Waals surface area contributed by atoms with Crippen molar-refractivity contribution in [1.29, 1.82) is 0 Å². The van der Waals surface area contributed by atoms with E-state index in [1.54, 1.807) is 6.20 Å². The van der Waals surface area contributed by atoms with Gasteiger partial charge in [-0.1, -0.05) is 0 Å². The molecule has 3 heteroatoms. The van der Waals surface area contributed by atoms with Crippen molar-refractivity contribution in [1.82, 2.24) is 4.98 Å². The molecule has 1 unspecified atom stereocenters. The molecule has 0 saturated carbocycles. The first-order valence-electron chi connectivity index (χ1n) is 2.29. The quantitative estimate of drug-likeness (QED) is 0.574. The molecule has 0 amide bonds. The first-order valence-corrected chi connectivity index (χ1v) is 2.29. The Labute approximate surface area is 47.5 Å². The van der Waals surface area contributed by atoms with E-state index in [1.165, 1.54) is 6.26 Å². The summed E-state index contributed by atoms with van der Waals surface area (Å²) in [4.78, 5) is 3.76. The van der Waals surface area contributed by atoms with E-state index in [1.807, 2.05) is 0 Å². The maximum atomic E-state index is 5.29. The lowest BCUT2D eigenvalue weighted by molar-refractivity contribution is 0.477. The summed E-state index contributed by atoms with van der Waals surface area (Å²) < 4.78 is 4.80. The van der Waals surface area contributed by atoms with Gasteiger partial charge in [0.15, 0.2) is 0 Å². The smallest absolute Gasteiger partial charge is 0.210 e. The molecule has 0 saturated heterocycles. The zero-order chi connectivity index (χ0) is 5.98. The molecule has 0 spiro atoms. The Bertz CT molecular complexity index is 145. The summed E-state index contributed by atoms with van der Waals surface area (Å²) in [5.74, 6) is 0.477. The molecule has 2 N–H and O–H groups in total. The molecule has 0 aromatic carbocycles. The predicted octanol–water partition coefficient (Wildman–Crippen LogP) is 0.508. The fourth-order valence-corrected chi connectivity index (χ4v) is 0.418. The molecular formula is C5H7N2O. The molecule has 1 aromatic rings. The minimum atomic E-state index is -0.343. The average Bonchev–Trinajstić information content (AvgIpc) is 2.12. The summed E-state index contributed by atoms with van der Waals surface area (Å²) >= 11 is 0. The molecule has 0 aliphatic carbocycles. The first kappa shape index (κ1) is 5.31. The Balaban J connectivity index is 2.77. The van der Waals surface area contributed by atoms with Crippen LogP contribution in [-0.2, 0) is 0 Å². The van der Waals surface area contributed by atoms with Gasteiger partial charge in [-0.05, 0) is 6.92 Å². The number of nitrogens with zero attached hydrogens (tertiary/aromatic N) is 1. The van der Waals surface area contributed by atoms with Gasteiger partial charge in [0.05, 0.1) is 12.2 Å². The zero-order valence-electron chi connectivity index (χ0n) is 4.37. The highest BCUT2D eigenvalue weighted by Crippen LogP contribution is 2.02. The highest BCUT2D eigenvalue weighted by molar-refractivity contribution is 4.88. The van der Waals surface area contributed by atoms with Crippen LogP contribution in [0.4, 0.5) is 0 Å². The summed E-state index contributed by atoms with van der Waals surface area (Å²) in [6, 6.07) is -0.343. The van der Waals surface area contributed by atoms with Crippen molar-refractivity contribution >= 4 is 0 Å². The maximum absolute atomic E-state index is 5.29. The molecule has 1 atom stereocenters. The van der Waals surface area contributed by atoms with Gasteiger partial charge in [-0.3, -0.25) is 0 Å². The van der Waals surface area contributed by atoms with Crippen LogP contribution in [0.3, 0.4) is 0 Å². The second-order valence-electron chi connectivity index (χ2n) is 1.48. The van der Waals surface area contributed by atoms with Gasteiger partial charge in [0.1, 0.15) is 6.26 Å². The fraction of sp³-hybridized carbons (Fsp3) is 0.200. The summed E-state index contributed by atoms with van der Waals surface area (Å²) in [5, 5.41) is 0. The Morgan fingerprint density at radius 3 is 2.88 bits per heavy atom. The topological polar surface area (TPSA) is 52.0 Å². The Morgan fingerprint density at radius 1 is 1.88 bits per heavy atom. The summed E-state index contributed by atoms with van der Waals surface area (Å²) in [7, 11) is 0. The van der Waals surface area contributed by atoms with E-state index in [9.17, 15) is 0 Å². The molecule has 1 aromatic heterocycles. The maximum Gasteiger partial charge on any atom is 0.210 e. The molecule has 3 nitrogen and oxygen atoms in total. The van der Waals surface area contributed by atoms with Crippen LogP contribution >= 0.6 is 0 Å². The zero-order valence-corrected chi connectivity index (χ0v) is 4.37. The van der Waals surface area contributed by atoms with Crippen LogP contribution in [0.5, 0.6) is 0 Å². The number of rotatable bonds is 1. The number of hydrogen-bond acceptors (Lipinski definition) is 3. The van der Waals surface area contributed by atoms with E-state index >= 15 is 0 Å². The standard InChI is InChI=1S/C5H7N2O/c1-4(6)5-7-2-3-8-5/h2-4H,1,6H2. The highest BCUT2D eigenvalue weighted by Gasteiger charge is 2.00. The number of aromatic nitrogens is 1. The molecule has 1 heterocycles.